The number of esters is 1. The fourth-order valence-corrected chi connectivity index (χ4v) is 8.10. The van der Waals surface area contributed by atoms with Gasteiger partial charge in [0.25, 0.3) is 0 Å². The Hall–Kier alpha value is -1.18. The standard InChI is InChI=1S/C30H46NO7P.Na/c1-4-28(33)37-30(22(2)3)38-39(36,18-12-11-15-23-13-7-5-8-14-23)21-27(32)31-20-25(19-26(31)29(34)35)24-16-9-6-10-17-24;/h5,7-8,13-14,22,24-26,30H,4,6,9-12,15-21H2,1-3H3,(H,34,35);/t25-,26-,30-,39?;/m0./s1. The van der Waals surface area contributed by atoms with Crippen molar-refractivity contribution >= 4 is 54.8 Å². The quantitative estimate of drug-likeness (QED) is 0.0973. The van der Waals surface area contributed by atoms with Gasteiger partial charge < -0.3 is 14.7 Å². The Kier molecular flexibility index (Phi) is 14.9. The van der Waals surface area contributed by atoms with Gasteiger partial charge in [0.1, 0.15) is 12.2 Å². The number of amides is 1. The molecular formula is C30H46NNaO7P. The van der Waals surface area contributed by atoms with E-state index in [1.54, 1.807) is 6.92 Å². The molecule has 1 saturated carbocycles. The van der Waals surface area contributed by atoms with Crippen LogP contribution >= 0.6 is 7.37 Å². The summed E-state index contributed by atoms with van der Waals surface area (Å²) in [4.78, 5) is 39.2. The van der Waals surface area contributed by atoms with Gasteiger partial charge in [0, 0.05) is 54.6 Å². The first-order chi connectivity index (χ1) is 18.6. The molecule has 0 aromatic heterocycles. The van der Waals surface area contributed by atoms with Crippen molar-refractivity contribution in [1.29, 1.82) is 0 Å². The number of likely N-dealkylation sites (tertiary alicyclic amines) is 1. The van der Waals surface area contributed by atoms with Gasteiger partial charge >= 0.3 is 11.9 Å². The number of aliphatic carboxylic acids is 1. The molecule has 1 unspecified atom stereocenters. The van der Waals surface area contributed by atoms with Crippen LogP contribution in [0.3, 0.4) is 0 Å². The van der Waals surface area contributed by atoms with Crippen LogP contribution in [0.5, 0.6) is 0 Å². The molecule has 1 heterocycles. The van der Waals surface area contributed by atoms with Crippen molar-refractivity contribution in [3.8, 4) is 0 Å². The van der Waals surface area contributed by atoms with Gasteiger partial charge in [-0.15, -0.1) is 0 Å². The maximum Gasteiger partial charge on any atom is 0.326 e. The van der Waals surface area contributed by atoms with E-state index < -0.39 is 37.5 Å². The first kappa shape index (κ1) is 35.0. The van der Waals surface area contributed by atoms with E-state index in [1.807, 2.05) is 44.2 Å². The summed E-state index contributed by atoms with van der Waals surface area (Å²) >= 11 is 0. The molecule has 219 valence electrons. The van der Waals surface area contributed by atoms with Gasteiger partial charge in [0.2, 0.25) is 19.6 Å². The molecule has 8 nitrogen and oxygen atoms in total. The minimum absolute atomic E-state index is 0. The molecule has 3 rings (SSSR count). The number of rotatable bonds is 14. The van der Waals surface area contributed by atoms with Crippen LogP contribution in [0.15, 0.2) is 30.3 Å². The van der Waals surface area contributed by atoms with Gasteiger partial charge in [0.15, 0.2) is 0 Å². The molecule has 0 bridgehead atoms. The first-order valence-corrected chi connectivity index (χ1v) is 16.6. The molecule has 2 fully saturated rings. The summed E-state index contributed by atoms with van der Waals surface area (Å²) in [6.45, 7) is 5.68. The largest absolute Gasteiger partial charge is 0.480 e. The van der Waals surface area contributed by atoms with E-state index in [9.17, 15) is 24.1 Å². The summed E-state index contributed by atoms with van der Waals surface area (Å²) in [6.07, 6.45) is 7.12. The Labute approximate surface area is 261 Å². The predicted molar refractivity (Wildman–Crippen MR) is 156 cm³/mol. The average molecular weight is 587 g/mol. The van der Waals surface area contributed by atoms with Gasteiger partial charge in [0.05, 0.1) is 0 Å². The SMILES string of the molecule is CCC(=O)O[C@@H](OP(=O)(CCCCc1ccccc1)CC(=O)N1C[C@@H](C2CCCCC2)C[C@H]1C(=O)O)C(C)C.[Na]. The van der Waals surface area contributed by atoms with Crippen LogP contribution in [0.1, 0.15) is 84.1 Å². The predicted octanol–water partition coefficient (Wildman–Crippen LogP) is 5.74. The second-order valence-corrected chi connectivity index (χ2v) is 14.1. The average Bonchev–Trinajstić information content (AvgIpc) is 3.38. The zero-order valence-corrected chi connectivity index (χ0v) is 27.7. The van der Waals surface area contributed by atoms with Gasteiger partial charge in [-0.2, -0.15) is 0 Å². The third-order valence-corrected chi connectivity index (χ3v) is 10.4. The second kappa shape index (κ2) is 17.1. The van der Waals surface area contributed by atoms with E-state index in [0.717, 1.165) is 38.5 Å². The molecule has 40 heavy (non-hydrogen) atoms. The van der Waals surface area contributed by atoms with E-state index in [0.29, 0.717) is 25.3 Å². The van der Waals surface area contributed by atoms with Crippen molar-refractivity contribution in [1.82, 2.24) is 4.90 Å². The molecule has 1 radical (unpaired) electrons. The first-order valence-electron chi connectivity index (χ1n) is 14.6. The van der Waals surface area contributed by atoms with E-state index in [-0.39, 0.29) is 60.1 Å². The maximum atomic E-state index is 14.2. The van der Waals surface area contributed by atoms with Crippen molar-refractivity contribution < 1.29 is 33.3 Å². The third-order valence-electron chi connectivity index (χ3n) is 8.07. The molecule has 1 aromatic carbocycles. The van der Waals surface area contributed by atoms with Crippen molar-refractivity contribution in [3.05, 3.63) is 35.9 Å². The Bertz CT molecular complexity index is 999. The zero-order valence-electron chi connectivity index (χ0n) is 24.8. The van der Waals surface area contributed by atoms with E-state index in [4.69, 9.17) is 9.26 Å². The van der Waals surface area contributed by atoms with Crippen LogP contribution in [0.25, 0.3) is 0 Å². The smallest absolute Gasteiger partial charge is 0.326 e. The summed E-state index contributed by atoms with van der Waals surface area (Å²) < 4.78 is 25.7. The summed E-state index contributed by atoms with van der Waals surface area (Å²) in [5, 5.41) is 9.92. The summed E-state index contributed by atoms with van der Waals surface area (Å²) in [7, 11) is -3.60. The van der Waals surface area contributed by atoms with Crippen LogP contribution in [0, 0.1) is 17.8 Å². The zero-order chi connectivity index (χ0) is 28.4. The number of nitrogens with zero attached hydrogens (tertiary/aromatic N) is 1. The number of carbonyl (C=O) groups excluding carboxylic acids is 2. The van der Waals surface area contributed by atoms with Crippen LogP contribution in [-0.4, -0.2) is 88.6 Å². The third kappa shape index (κ3) is 10.6. The van der Waals surface area contributed by atoms with Gasteiger partial charge in [-0.05, 0) is 43.1 Å². The van der Waals surface area contributed by atoms with Crippen molar-refractivity contribution in [2.24, 2.45) is 17.8 Å². The molecule has 2 aliphatic rings. The number of carbonyl (C=O) groups is 3. The van der Waals surface area contributed by atoms with Crippen LogP contribution in [0.4, 0.5) is 0 Å². The number of carboxylic acids is 1. The number of benzene rings is 1. The Morgan fingerprint density at radius 3 is 2.33 bits per heavy atom. The molecule has 1 aliphatic heterocycles. The minimum Gasteiger partial charge on any atom is -0.480 e. The molecule has 1 N–H and O–H groups in total. The number of ether oxygens (including phenoxy) is 1. The second-order valence-electron chi connectivity index (χ2n) is 11.5. The monoisotopic (exact) mass is 586 g/mol. The number of unbranched alkanes of at least 4 members (excludes halogenated alkanes) is 1. The van der Waals surface area contributed by atoms with Crippen molar-refractivity contribution in [2.75, 3.05) is 18.9 Å². The summed E-state index contributed by atoms with van der Waals surface area (Å²) in [5.41, 5.74) is 1.18. The van der Waals surface area contributed by atoms with Crippen molar-refractivity contribution in [3.63, 3.8) is 0 Å². The molecule has 0 spiro atoms. The van der Waals surface area contributed by atoms with Crippen LogP contribution < -0.4 is 0 Å². The summed E-state index contributed by atoms with van der Waals surface area (Å²) in [5.74, 6) is -1.61. The number of aryl methyl sites for hydroxylation is 1. The fourth-order valence-electron chi connectivity index (χ4n) is 5.80. The molecular weight excluding hydrogens is 540 g/mol. The van der Waals surface area contributed by atoms with Gasteiger partial charge in [-0.25, -0.2) is 4.79 Å². The van der Waals surface area contributed by atoms with Gasteiger partial charge in [-0.3, -0.25) is 18.7 Å². The van der Waals surface area contributed by atoms with Crippen LogP contribution in [0.2, 0.25) is 0 Å². The van der Waals surface area contributed by atoms with E-state index in [2.05, 4.69) is 0 Å². The molecule has 1 aromatic rings. The maximum absolute atomic E-state index is 14.2. The molecule has 1 amide bonds. The van der Waals surface area contributed by atoms with Crippen molar-refractivity contribution in [2.45, 2.75) is 97.3 Å². The normalized spacial score (nSPS) is 21.9. The molecule has 10 heteroatoms. The van der Waals surface area contributed by atoms with Crippen LogP contribution in [-0.2, 0) is 34.6 Å². The topological polar surface area (TPSA) is 110 Å². The number of hydrogen-bond donors (Lipinski definition) is 1. The van der Waals surface area contributed by atoms with E-state index in [1.165, 1.54) is 16.9 Å². The number of hydrogen-bond acceptors (Lipinski definition) is 6. The Morgan fingerprint density at radius 2 is 1.73 bits per heavy atom. The Morgan fingerprint density at radius 1 is 1.05 bits per heavy atom. The number of carboxylic acid groups (broad SMARTS) is 1. The Balaban J connectivity index is 0.00000560. The van der Waals surface area contributed by atoms with E-state index >= 15 is 0 Å². The molecule has 1 aliphatic carbocycles. The molecule has 1 saturated heterocycles. The molecule has 4 atom stereocenters. The van der Waals surface area contributed by atoms with Gasteiger partial charge in [-0.1, -0.05) is 83.2 Å². The fraction of sp³-hybridized carbons (Fsp3) is 0.700. The summed E-state index contributed by atoms with van der Waals surface area (Å²) in [6, 6.07) is 9.10. The minimum atomic E-state index is -3.60.